The molecule has 1 aliphatic carbocycles. The quantitative estimate of drug-likeness (QED) is 0.658. The summed E-state index contributed by atoms with van der Waals surface area (Å²) in [6.07, 6.45) is 3.08. The van der Waals surface area contributed by atoms with Crippen LogP contribution in [0.25, 0.3) is 11.3 Å². The molecule has 1 saturated carbocycles. The first kappa shape index (κ1) is 17.3. The molecule has 7 nitrogen and oxygen atoms in total. The van der Waals surface area contributed by atoms with Crippen molar-refractivity contribution in [2.75, 3.05) is 13.1 Å². The molecule has 2 aromatic carbocycles. The minimum Gasteiger partial charge on any atom is -0.457 e. The number of benzene rings is 2. The molecular weight excluding hydrogens is 366 g/mol. The molecule has 5 rings (SSSR count). The van der Waals surface area contributed by atoms with Gasteiger partial charge < -0.3 is 15.0 Å². The highest BCUT2D eigenvalue weighted by molar-refractivity contribution is 5.94. The highest BCUT2D eigenvalue weighted by Gasteiger charge is 2.61. The third-order valence-corrected chi connectivity index (χ3v) is 5.61. The number of ether oxygens (including phenoxy) is 1. The molecule has 3 aromatic rings. The molecule has 7 heteroatoms. The molecule has 2 heterocycles. The van der Waals surface area contributed by atoms with E-state index in [9.17, 15) is 4.79 Å². The second-order valence-corrected chi connectivity index (χ2v) is 7.57. The molecule has 1 saturated heterocycles. The zero-order chi connectivity index (χ0) is 19.8. The van der Waals surface area contributed by atoms with Crippen LogP contribution in [-0.2, 0) is 0 Å². The lowest BCUT2D eigenvalue weighted by molar-refractivity contribution is 0.0924. The van der Waals surface area contributed by atoms with Crippen molar-refractivity contribution in [1.82, 2.24) is 20.4 Å². The molecule has 2 aliphatic rings. The number of aromatic nitrogens is 2. The van der Waals surface area contributed by atoms with Gasteiger partial charge >= 0.3 is 0 Å². The van der Waals surface area contributed by atoms with Gasteiger partial charge in [-0.3, -0.25) is 9.89 Å². The topological polar surface area (TPSA) is 94.0 Å². The van der Waals surface area contributed by atoms with Gasteiger partial charge in [0, 0.05) is 18.0 Å². The maximum Gasteiger partial charge on any atom is 0.269 e. The molecule has 1 aromatic heterocycles. The highest BCUT2D eigenvalue weighted by Crippen LogP contribution is 2.49. The fourth-order valence-corrected chi connectivity index (χ4v) is 4.01. The smallest absolute Gasteiger partial charge is 0.269 e. The average molecular weight is 385 g/mol. The van der Waals surface area contributed by atoms with E-state index in [1.54, 1.807) is 11.0 Å². The number of nitrogens with zero attached hydrogens (tertiary/aromatic N) is 3. The fourth-order valence-electron chi connectivity index (χ4n) is 4.01. The summed E-state index contributed by atoms with van der Waals surface area (Å²) in [6.45, 7) is 1.30. The molecule has 0 bridgehead atoms. The van der Waals surface area contributed by atoms with Gasteiger partial charge in [-0.1, -0.05) is 30.3 Å². The van der Waals surface area contributed by atoms with Gasteiger partial charge in [0.2, 0.25) is 0 Å². The van der Waals surface area contributed by atoms with E-state index in [0.717, 1.165) is 24.3 Å². The number of nitriles is 1. The lowest BCUT2D eigenvalue weighted by Crippen LogP contribution is -2.41. The van der Waals surface area contributed by atoms with Crippen molar-refractivity contribution in [1.29, 1.82) is 5.26 Å². The number of likely N-dealkylation sites (tertiary alicyclic amines) is 1. The van der Waals surface area contributed by atoms with E-state index < -0.39 is 0 Å². The first-order chi connectivity index (χ1) is 14.2. The van der Waals surface area contributed by atoms with E-state index in [1.807, 2.05) is 54.6 Å². The summed E-state index contributed by atoms with van der Waals surface area (Å²) >= 11 is 0. The van der Waals surface area contributed by atoms with Crippen LogP contribution in [0.3, 0.4) is 0 Å². The molecule has 1 amide bonds. The molecule has 2 atom stereocenters. The largest absolute Gasteiger partial charge is 0.457 e. The van der Waals surface area contributed by atoms with Crippen LogP contribution in [0.5, 0.6) is 11.5 Å². The molecule has 29 heavy (non-hydrogen) atoms. The summed E-state index contributed by atoms with van der Waals surface area (Å²) in [5.41, 5.74) is 1.55. The number of hydrogen-bond acceptors (Lipinski definition) is 5. The standard InChI is InChI=1S/C22H19N5O2/c23-14-27-12-15-11-22(15,13-27)24-21(28)19-10-18(25-26-19)17-8-4-5-9-20(17)29-16-6-2-1-3-7-16/h1-10,15H,11-13H2,(H,24,28)(H,25,26)/t15-,22?/m1/s1. The fraction of sp³-hybridized carbons (Fsp3) is 0.227. The Labute approximate surface area is 167 Å². The molecule has 1 aliphatic heterocycles. The van der Waals surface area contributed by atoms with Gasteiger partial charge in [0.15, 0.2) is 6.19 Å². The van der Waals surface area contributed by atoms with E-state index >= 15 is 0 Å². The second kappa shape index (κ2) is 6.67. The number of H-pyrrole nitrogens is 1. The third-order valence-electron chi connectivity index (χ3n) is 5.61. The SMILES string of the molecule is N#CN1C[C@H]2CC2(NC(=O)c2cc(-c3ccccc3Oc3ccccc3)n[nH]2)C1. The van der Waals surface area contributed by atoms with Crippen molar-refractivity contribution < 1.29 is 9.53 Å². The molecule has 144 valence electrons. The van der Waals surface area contributed by atoms with Crippen molar-refractivity contribution in [3.05, 3.63) is 66.4 Å². The van der Waals surface area contributed by atoms with Crippen molar-refractivity contribution in [2.24, 2.45) is 5.92 Å². The van der Waals surface area contributed by atoms with Crippen LogP contribution in [0, 0.1) is 17.4 Å². The first-order valence-corrected chi connectivity index (χ1v) is 9.52. The Kier molecular flexibility index (Phi) is 3.98. The Bertz CT molecular complexity index is 1100. The second-order valence-electron chi connectivity index (χ2n) is 7.57. The van der Waals surface area contributed by atoms with Crippen LogP contribution < -0.4 is 10.1 Å². The predicted molar refractivity (Wildman–Crippen MR) is 106 cm³/mol. The summed E-state index contributed by atoms with van der Waals surface area (Å²) in [6, 6.07) is 18.9. The minimum absolute atomic E-state index is 0.201. The summed E-state index contributed by atoms with van der Waals surface area (Å²) in [5, 5.41) is 19.3. The van der Waals surface area contributed by atoms with Crippen molar-refractivity contribution in [2.45, 2.75) is 12.0 Å². The van der Waals surface area contributed by atoms with Crippen LogP contribution in [0.4, 0.5) is 0 Å². The van der Waals surface area contributed by atoms with E-state index in [0.29, 0.717) is 29.6 Å². The molecule has 0 radical (unpaired) electrons. The van der Waals surface area contributed by atoms with Gasteiger partial charge in [0.25, 0.3) is 5.91 Å². The summed E-state index contributed by atoms with van der Waals surface area (Å²) in [5.74, 6) is 1.55. The van der Waals surface area contributed by atoms with Crippen molar-refractivity contribution >= 4 is 5.91 Å². The van der Waals surface area contributed by atoms with Crippen LogP contribution in [0.2, 0.25) is 0 Å². The zero-order valence-corrected chi connectivity index (χ0v) is 15.6. The van der Waals surface area contributed by atoms with Crippen LogP contribution in [0.1, 0.15) is 16.9 Å². The lowest BCUT2D eigenvalue weighted by Gasteiger charge is -2.16. The third kappa shape index (κ3) is 3.19. The number of para-hydroxylation sites is 2. The van der Waals surface area contributed by atoms with E-state index in [4.69, 9.17) is 10.00 Å². The number of carbonyl (C=O) groups excluding carboxylic acids is 1. The van der Waals surface area contributed by atoms with Gasteiger partial charge in [-0.2, -0.15) is 10.4 Å². The van der Waals surface area contributed by atoms with Crippen LogP contribution >= 0.6 is 0 Å². The van der Waals surface area contributed by atoms with Gasteiger partial charge in [-0.05, 0) is 36.8 Å². The van der Waals surface area contributed by atoms with Gasteiger partial charge in [-0.15, -0.1) is 0 Å². The summed E-state index contributed by atoms with van der Waals surface area (Å²) in [4.78, 5) is 14.4. The number of carbonyl (C=O) groups is 1. The Hall–Kier alpha value is -3.79. The number of piperidine rings is 1. The van der Waals surface area contributed by atoms with Gasteiger partial charge in [0.05, 0.1) is 17.8 Å². The first-order valence-electron chi connectivity index (χ1n) is 9.52. The minimum atomic E-state index is -0.271. The number of amides is 1. The van der Waals surface area contributed by atoms with Gasteiger partial charge in [-0.25, -0.2) is 0 Å². The monoisotopic (exact) mass is 385 g/mol. The molecule has 1 unspecified atom stereocenters. The predicted octanol–water partition coefficient (Wildman–Crippen LogP) is 3.15. The normalized spacial score (nSPS) is 21.9. The lowest BCUT2D eigenvalue weighted by atomic mass is 10.1. The van der Waals surface area contributed by atoms with Crippen molar-refractivity contribution in [3.63, 3.8) is 0 Å². The Morgan fingerprint density at radius 1 is 1.24 bits per heavy atom. The Morgan fingerprint density at radius 3 is 2.83 bits per heavy atom. The number of nitrogens with one attached hydrogen (secondary N) is 2. The number of hydrogen-bond donors (Lipinski definition) is 2. The molecule has 0 spiro atoms. The number of aromatic amines is 1. The van der Waals surface area contributed by atoms with E-state index in [-0.39, 0.29) is 11.4 Å². The molecular formula is C22H19N5O2. The molecule has 2 N–H and O–H groups in total. The van der Waals surface area contributed by atoms with Crippen molar-refractivity contribution in [3.8, 4) is 28.9 Å². The Balaban J connectivity index is 1.35. The summed E-state index contributed by atoms with van der Waals surface area (Å²) < 4.78 is 6.00. The maximum absolute atomic E-state index is 12.7. The van der Waals surface area contributed by atoms with Gasteiger partial charge in [0.1, 0.15) is 17.2 Å². The van der Waals surface area contributed by atoms with E-state index in [1.165, 1.54) is 0 Å². The van der Waals surface area contributed by atoms with Crippen LogP contribution in [0.15, 0.2) is 60.7 Å². The van der Waals surface area contributed by atoms with Crippen LogP contribution in [-0.4, -0.2) is 39.6 Å². The average Bonchev–Trinajstić information content (AvgIpc) is 3.10. The highest BCUT2D eigenvalue weighted by atomic mass is 16.5. The summed E-state index contributed by atoms with van der Waals surface area (Å²) in [7, 11) is 0. The number of fused-ring (bicyclic) bond motifs is 1. The Morgan fingerprint density at radius 2 is 2.03 bits per heavy atom. The maximum atomic E-state index is 12.7. The van der Waals surface area contributed by atoms with E-state index in [2.05, 4.69) is 21.7 Å². The zero-order valence-electron chi connectivity index (χ0n) is 15.6. The molecule has 2 fully saturated rings. The number of rotatable bonds is 5.